The number of benzene rings is 1. The Morgan fingerprint density at radius 1 is 0.793 bits per heavy atom. The zero-order valence-corrected chi connectivity index (χ0v) is 16.1. The molecule has 0 unspecified atom stereocenters. The zero-order valence-electron chi connectivity index (χ0n) is 16.1. The number of hydrogen-bond donors (Lipinski definition) is 1. The second-order valence-corrected chi connectivity index (χ2v) is 5.86. The molecule has 1 N–H and O–H groups in total. The summed E-state index contributed by atoms with van der Waals surface area (Å²) in [6.07, 6.45) is -0.664. The van der Waals surface area contributed by atoms with E-state index in [0.29, 0.717) is 0 Å². The predicted molar refractivity (Wildman–Crippen MR) is 96.9 cm³/mol. The van der Waals surface area contributed by atoms with Gasteiger partial charge in [-0.05, 0) is 26.0 Å². The number of hydrogen-bond acceptors (Lipinski definition) is 9. The molecule has 0 radical (unpaired) electrons. The lowest BCUT2D eigenvalue weighted by Crippen LogP contribution is -2.15. The third-order valence-electron chi connectivity index (χ3n) is 3.19. The van der Waals surface area contributed by atoms with Crippen molar-refractivity contribution in [2.45, 2.75) is 26.7 Å². The van der Waals surface area contributed by atoms with E-state index in [0.717, 1.165) is 0 Å². The minimum absolute atomic E-state index is 0.00816. The van der Waals surface area contributed by atoms with Gasteiger partial charge in [-0.1, -0.05) is 0 Å². The fourth-order valence-electron chi connectivity index (χ4n) is 2.02. The third-order valence-corrected chi connectivity index (χ3v) is 3.19. The monoisotopic (exact) mass is 410 g/mol. The lowest BCUT2D eigenvalue weighted by Gasteiger charge is -2.12. The fourth-order valence-corrected chi connectivity index (χ4v) is 2.02. The summed E-state index contributed by atoms with van der Waals surface area (Å²) in [4.78, 5) is 55.4. The van der Waals surface area contributed by atoms with Crippen molar-refractivity contribution < 1.29 is 48.0 Å². The molecule has 1 rings (SSSR count). The van der Waals surface area contributed by atoms with Gasteiger partial charge in [0.1, 0.15) is 67.9 Å². The van der Waals surface area contributed by atoms with E-state index in [1.807, 2.05) is 0 Å². The Balaban J connectivity index is 2.55. The summed E-state index contributed by atoms with van der Waals surface area (Å²) in [5.74, 6) is -2.97. The quantitative estimate of drug-likeness (QED) is 0.286. The number of ether oxygens (including phenoxy) is 4. The van der Waals surface area contributed by atoms with Crippen molar-refractivity contribution in [2.75, 3.05) is 26.4 Å². The van der Waals surface area contributed by atoms with Crippen LogP contribution in [0.1, 0.15) is 37.0 Å². The average Bonchev–Trinajstić information content (AvgIpc) is 2.61. The van der Waals surface area contributed by atoms with Crippen LogP contribution in [0, 0.1) is 0 Å². The van der Waals surface area contributed by atoms with Crippen LogP contribution in [-0.2, 0) is 28.7 Å². The molecule has 10 heteroatoms. The molecule has 1 aromatic rings. The Morgan fingerprint density at radius 3 is 1.79 bits per heavy atom. The van der Waals surface area contributed by atoms with Gasteiger partial charge in [0.2, 0.25) is 0 Å². The highest BCUT2D eigenvalue weighted by Gasteiger charge is 2.14. The molecule has 0 saturated carbocycles. The van der Waals surface area contributed by atoms with Gasteiger partial charge in [-0.25, -0.2) is 4.79 Å². The van der Waals surface area contributed by atoms with E-state index in [1.165, 1.54) is 32.0 Å². The maximum atomic E-state index is 11.3. The van der Waals surface area contributed by atoms with Gasteiger partial charge in [0.25, 0.3) is 0 Å². The molecule has 10 nitrogen and oxygen atoms in total. The molecule has 0 aliphatic heterocycles. The number of carboxylic acids is 1. The van der Waals surface area contributed by atoms with Crippen molar-refractivity contribution in [1.29, 1.82) is 0 Å². The van der Waals surface area contributed by atoms with Crippen LogP contribution in [0.2, 0.25) is 0 Å². The van der Waals surface area contributed by atoms with Crippen molar-refractivity contribution >= 4 is 29.5 Å². The molecule has 0 aliphatic rings. The normalized spacial score (nSPS) is 10.0. The molecule has 1 aromatic carbocycles. The Bertz CT molecular complexity index is 768. The van der Waals surface area contributed by atoms with Gasteiger partial charge in [0.15, 0.2) is 0 Å². The summed E-state index contributed by atoms with van der Waals surface area (Å²) in [6, 6.07) is 4.01. The van der Waals surface area contributed by atoms with E-state index in [2.05, 4.69) is 0 Å². The highest BCUT2D eigenvalue weighted by Crippen LogP contribution is 2.25. The molecule has 0 aliphatic carbocycles. The SMILES string of the molecule is CC(=O)CC(=O)OCCOc1ccc(C(=O)O)c(OCCOC(=O)CC(C)=O)c1. The minimum atomic E-state index is -1.22. The van der Waals surface area contributed by atoms with Gasteiger partial charge in [-0.3, -0.25) is 19.2 Å². The third kappa shape index (κ3) is 9.89. The summed E-state index contributed by atoms with van der Waals surface area (Å²) < 4.78 is 20.3. The van der Waals surface area contributed by atoms with E-state index in [4.69, 9.17) is 18.9 Å². The van der Waals surface area contributed by atoms with Gasteiger partial charge in [-0.2, -0.15) is 0 Å². The minimum Gasteiger partial charge on any atom is -0.490 e. The Kier molecular flexibility index (Phi) is 9.86. The number of aromatic carboxylic acids is 1. The molecule has 0 fully saturated rings. The summed E-state index contributed by atoms with van der Waals surface area (Å²) in [7, 11) is 0. The summed E-state index contributed by atoms with van der Waals surface area (Å²) >= 11 is 0. The predicted octanol–water partition coefficient (Wildman–Crippen LogP) is 1.19. The molecule has 0 aromatic heterocycles. The first-order chi connectivity index (χ1) is 13.7. The molecule has 158 valence electrons. The molecule has 29 heavy (non-hydrogen) atoms. The van der Waals surface area contributed by atoms with Crippen molar-refractivity contribution in [2.24, 2.45) is 0 Å². The topological polar surface area (TPSA) is 143 Å². The first kappa shape index (κ1) is 23.6. The van der Waals surface area contributed by atoms with Gasteiger partial charge >= 0.3 is 17.9 Å². The van der Waals surface area contributed by atoms with Crippen LogP contribution in [0.3, 0.4) is 0 Å². The Morgan fingerprint density at radius 2 is 1.31 bits per heavy atom. The molecule has 0 amide bonds. The maximum absolute atomic E-state index is 11.3. The molecule has 0 atom stereocenters. The molecule has 0 bridgehead atoms. The van der Waals surface area contributed by atoms with Crippen LogP contribution in [0.25, 0.3) is 0 Å². The van der Waals surface area contributed by atoms with E-state index < -0.39 is 17.9 Å². The summed E-state index contributed by atoms with van der Waals surface area (Å²) in [5, 5.41) is 9.22. The first-order valence-corrected chi connectivity index (χ1v) is 8.62. The smallest absolute Gasteiger partial charge is 0.339 e. The lowest BCUT2D eigenvalue weighted by atomic mass is 10.2. The van der Waals surface area contributed by atoms with E-state index in [9.17, 15) is 29.1 Å². The first-order valence-electron chi connectivity index (χ1n) is 8.62. The van der Waals surface area contributed by atoms with E-state index >= 15 is 0 Å². The van der Waals surface area contributed by atoms with Gasteiger partial charge in [0.05, 0.1) is 0 Å². The Labute approximate surface area is 166 Å². The second-order valence-electron chi connectivity index (χ2n) is 5.86. The number of esters is 2. The molecule has 0 heterocycles. The van der Waals surface area contributed by atoms with Crippen molar-refractivity contribution in [3.63, 3.8) is 0 Å². The zero-order chi connectivity index (χ0) is 21.8. The average molecular weight is 410 g/mol. The summed E-state index contributed by atoms with van der Waals surface area (Å²) in [6.45, 7) is 2.13. The fraction of sp³-hybridized carbons (Fsp3) is 0.421. The van der Waals surface area contributed by atoms with Crippen molar-refractivity contribution in [3.05, 3.63) is 23.8 Å². The van der Waals surface area contributed by atoms with Crippen LogP contribution in [-0.4, -0.2) is 61.0 Å². The number of ketones is 2. The van der Waals surface area contributed by atoms with Gasteiger partial charge < -0.3 is 24.1 Å². The maximum Gasteiger partial charge on any atom is 0.339 e. The van der Waals surface area contributed by atoms with Crippen molar-refractivity contribution in [3.8, 4) is 11.5 Å². The molecular formula is C19H22O10. The Hall–Kier alpha value is -3.43. The molecular weight excluding hydrogens is 388 g/mol. The number of Topliss-reactive ketones (excluding diaryl/α,β-unsaturated/α-hetero) is 2. The van der Waals surface area contributed by atoms with Crippen LogP contribution in [0.15, 0.2) is 18.2 Å². The number of carboxylic acid groups (broad SMARTS) is 1. The van der Waals surface area contributed by atoms with Gasteiger partial charge in [-0.15, -0.1) is 0 Å². The number of carbonyl (C=O) groups is 5. The van der Waals surface area contributed by atoms with Crippen LogP contribution >= 0.6 is 0 Å². The van der Waals surface area contributed by atoms with Crippen LogP contribution < -0.4 is 9.47 Å². The second kappa shape index (κ2) is 12.1. The number of rotatable bonds is 13. The van der Waals surface area contributed by atoms with Gasteiger partial charge in [0, 0.05) is 6.07 Å². The van der Waals surface area contributed by atoms with Crippen LogP contribution in [0.5, 0.6) is 11.5 Å². The highest BCUT2D eigenvalue weighted by molar-refractivity contribution is 5.94. The summed E-state index contributed by atoms with van der Waals surface area (Å²) in [5.41, 5.74) is -0.125. The van der Waals surface area contributed by atoms with E-state index in [1.54, 1.807) is 0 Å². The van der Waals surface area contributed by atoms with Crippen molar-refractivity contribution in [1.82, 2.24) is 0 Å². The highest BCUT2D eigenvalue weighted by atomic mass is 16.6. The standard InChI is InChI=1S/C19H22O10/c1-12(20)9-17(22)28-7-5-26-14-3-4-15(19(24)25)16(11-14)27-6-8-29-18(23)10-13(2)21/h3-4,11H,5-10H2,1-2H3,(H,24,25). The molecule has 0 saturated heterocycles. The van der Waals surface area contributed by atoms with Crippen LogP contribution in [0.4, 0.5) is 0 Å². The lowest BCUT2D eigenvalue weighted by molar-refractivity contribution is -0.147. The number of carbonyl (C=O) groups excluding carboxylic acids is 4. The largest absolute Gasteiger partial charge is 0.490 e. The van der Waals surface area contributed by atoms with E-state index in [-0.39, 0.29) is 67.9 Å². The molecule has 0 spiro atoms.